The van der Waals surface area contributed by atoms with Gasteiger partial charge in [0.1, 0.15) is 11.6 Å². The lowest BCUT2D eigenvalue weighted by atomic mass is 9.83. The molecule has 2 rings (SSSR count). The molecule has 0 radical (unpaired) electrons. The van der Waals surface area contributed by atoms with E-state index in [2.05, 4.69) is 9.97 Å². The largest absolute Gasteiger partial charge is 0.325 e. The third-order valence-corrected chi connectivity index (χ3v) is 3.05. The Labute approximate surface area is 106 Å². The van der Waals surface area contributed by atoms with Crippen molar-refractivity contribution in [2.75, 3.05) is 0 Å². The van der Waals surface area contributed by atoms with Gasteiger partial charge in [0, 0.05) is 18.2 Å². The van der Waals surface area contributed by atoms with Crippen LogP contribution in [0.5, 0.6) is 0 Å². The van der Waals surface area contributed by atoms with Crippen LogP contribution in [0.2, 0.25) is 0 Å². The van der Waals surface area contributed by atoms with Crippen LogP contribution < -0.4 is 5.73 Å². The fraction of sp³-hybridized carbons (Fsp3) is 0.286. The van der Waals surface area contributed by atoms with Gasteiger partial charge in [-0.1, -0.05) is 12.1 Å². The average molecular weight is 245 g/mol. The quantitative estimate of drug-likeness (QED) is 0.903. The molecule has 3 nitrogen and oxygen atoms in total. The van der Waals surface area contributed by atoms with Crippen molar-refractivity contribution in [3.8, 4) is 0 Å². The summed E-state index contributed by atoms with van der Waals surface area (Å²) in [5.41, 5.74) is 6.98. The molecular weight excluding hydrogens is 229 g/mol. The molecule has 94 valence electrons. The van der Waals surface area contributed by atoms with E-state index in [0.29, 0.717) is 12.4 Å². The van der Waals surface area contributed by atoms with Gasteiger partial charge in [0.15, 0.2) is 0 Å². The number of halogens is 1. The molecule has 2 N–H and O–H groups in total. The fourth-order valence-corrected chi connectivity index (χ4v) is 1.81. The molecule has 0 atom stereocenters. The zero-order valence-corrected chi connectivity index (χ0v) is 10.5. The summed E-state index contributed by atoms with van der Waals surface area (Å²) < 4.78 is 12.9. The van der Waals surface area contributed by atoms with Crippen molar-refractivity contribution in [3.05, 3.63) is 59.4 Å². The second-order valence-electron chi connectivity index (χ2n) is 4.71. The summed E-state index contributed by atoms with van der Waals surface area (Å²) in [5.74, 6) is 0.447. The highest BCUT2D eigenvalue weighted by molar-refractivity contribution is 5.31. The van der Waals surface area contributed by atoms with Gasteiger partial charge in [0.25, 0.3) is 0 Å². The molecule has 4 heteroatoms. The first kappa shape index (κ1) is 12.6. The SMILES string of the molecule is CC(C)(c1ccc(F)cc1)c1nccc(CN)n1. The summed E-state index contributed by atoms with van der Waals surface area (Å²) in [6.45, 7) is 4.40. The third-order valence-electron chi connectivity index (χ3n) is 3.05. The highest BCUT2D eigenvalue weighted by atomic mass is 19.1. The number of nitrogens with zero attached hydrogens (tertiary/aromatic N) is 2. The monoisotopic (exact) mass is 245 g/mol. The summed E-state index contributed by atoms with van der Waals surface area (Å²) in [6.07, 6.45) is 1.70. The summed E-state index contributed by atoms with van der Waals surface area (Å²) in [4.78, 5) is 8.73. The van der Waals surface area contributed by atoms with Gasteiger partial charge in [-0.25, -0.2) is 14.4 Å². The van der Waals surface area contributed by atoms with Crippen LogP contribution in [0, 0.1) is 5.82 Å². The molecule has 0 saturated heterocycles. The second kappa shape index (κ2) is 4.82. The Morgan fingerprint density at radius 1 is 1.17 bits per heavy atom. The number of aromatic nitrogens is 2. The van der Waals surface area contributed by atoms with E-state index in [9.17, 15) is 4.39 Å². The van der Waals surface area contributed by atoms with Crippen LogP contribution in [0.3, 0.4) is 0 Å². The van der Waals surface area contributed by atoms with Crippen LogP contribution in [-0.4, -0.2) is 9.97 Å². The molecule has 1 aromatic carbocycles. The Balaban J connectivity index is 2.43. The lowest BCUT2D eigenvalue weighted by molar-refractivity contribution is 0.578. The maximum absolute atomic E-state index is 12.9. The lowest BCUT2D eigenvalue weighted by Crippen LogP contribution is -2.23. The number of rotatable bonds is 3. The van der Waals surface area contributed by atoms with E-state index < -0.39 is 0 Å². The first-order valence-electron chi connectivity index (χ1n) is 5.82. The standard InChI is InChI=1S/C14H16FN3/c1-14(2,10-3-5-11(15)6-4-10)13-17-8-7-12(9-16)18-13/h3-8H,9,16H2,1-2H3. The second-order valence-corrected chi connectivity index (χ2v) is 4.71. The Bertz CT molecular complexity index is 535. The minimum atomic E-state index is -0.376. The molecule has 0 fully saturated rings. The van der Waals surface area contributed by atoms with Crippen molar-refractivity contribution >= 4 is 0 Å². The summed E-state index contributed by atoms with van der Waals surface area (Å²) in [6, 6.07) is 8.21. The van der Waals surface area contributed by atoms with E-state index >= 15 is 0 Å². The number of benzene rings is 1. The van der Waals surface area contributed by atoms with Crippen molar-refractivity contribution in [1.82, 2.24) is 9.97 Å². The maximum atomic E-state index is 12.9. The fourth-order valence-electron chi connectivity index (χ4n) is 1.81. The predicted molar refractivity (Wildman–Crippen MR) is 68.5 cm³/mol. The van der Waals surface area contributed by atoms with E-state index in [4.69, 9.17) is 5.73 Å². The highest BCUT2D eigenvalue weighted by Gasteiger charge is 2.26. The van der Waals surface area contributed by atoms with Crippen molar-refractivity contribution in [3.63, 3.8) is 0 Å². The van der Waals surface area contributed by atoms with Gasteiger partial charge in [-0.2, -0.15) is 0 Å². The first-order chi connectivity index (χ1) is 8.54. The van der Waals surface area contributed by atoms with Crippen molar-refractivity contribution in [2.45, 2.75) is 25.8 Å². The van der Waals surface area contributed by atoms with Crippen molar-refractivity contribution in [1.29, 1.82) is 0 Å². The Morgan fingerprint density at radius 2 is 1.83 bits per heavy atom. The lowest BCUT2D eigenvalue weighted by Gasteiger charge is -2.23. The normalized spacial score (nSPS) is 11.6. The van der Waals surface area contributed by atoms with Crippen molar-refractivity contribution < 1.29 is 4.39 Å². The van der Waals surface area contributed by atoms with Gasteiger partial charge >= 0.3 is 0 Å². The molecule has 0 aliphatic rings. The first-order valence-corrected chi connectivity index (χ1v) is 5.82. The Morgan fingerprint density at radius 3 is 2.44 bits per heavy atom. The predicted octanol–water partition coefficient (Wildman–Crippen LogP) is 2.40. The zero-order chi connectivity index (χ0) is 13.2. The molecule has 1 heterocycles. The minimum absolute atomic E-state index is 0.244. The van der Waals surface area contributed by atoms with E-state index in [-0.39, 0.29) is 11.2 Å². The topological polar surface area (TPSA) is 51.8 Å². The van der Waals surface area contributed by atoms with Gasteiger partial charge < -0.3 is 5.73 Å². The van der Waals surface area contributed by atoms with Crippen LogP contribution in [0.4, 0.5) is 4.39 Å². The van der Waals surface area contributed by atoms with Gasteiger partial charge in [0.2, 0.25) is 0 Å². The molecular formula is C14H16FN3. The molecule has 0 saturated carbocycles. The van der Waals surface area contributed by atoms with E-state index in [0.717, 1.165) is 11.3 Å². The van der Waals surface area contributed by atoms with Gasteiger partial charge in [0.05, 0.1) is 5.69 Å². The van der Waals surface area contributed by atoms with Crippen molar-refractivity contribution in [2.24, 2.45) is 5.73 Å². The highest BCUT2D eigenvalue weighted by Crippen LogP contribution is 2.28. The maximum Gasteiger partial charge on any atom is 0.138 e. The van der Waals surface area contributed by atoms with Gasteiger partial charge in [-0.05, 0) is 37.6 Å². The molecule has 0 spiro atoms. The summed E-state index contributed by atoms with van der Waals surface area (Å²) in [7, 11) is 0. The van der Waals surface area contributed by atoms with Crippen LogP contribution in [0.15, 0.2) is 36.5 Å². The van der Waals surface area contributed by atoms with Crippen LogP contribution in [0.1, 0.15) is 30.9 Å². The smallest absolute Gasteiger partial charge is 0.138 e. The molecule has 1 aromatic heterocycles. The molecule has 0 bridgehead atoms. The summed E-state index contributed by atoms with van der Waals surface area (Å²) >= 11 is 0. The number of nitrogens with two attached hydrogens (primary N) is 1. The van der Waals surface area contributed by atoms with Crippen LogP contribution in [0.25, 0.3) is 0 Å². The molecule has 2 aromatic rings. The molecule has 0 aliphatic carbocycles. The molecule has 0 unspecified atom stereocenters. The van der Waals surface area contributed by atoms with Crippen LogP contribution >= 0.6 is 0 Å². The van der Waals surface area contributed by atoms with E-state index in [1.165, 1.54) is 12.1 Å². The summed E-state index contributed by atoms with van der Waals surface area (Å²) in [5, 5.41) is 0. The zero-order valence-electron chi connectivity index (χ0n) is 10.5. The number of hydrogen-bond donors (Lipinski definition) is 1. The van der Waals surface area contributed by atoms with E-state index in [1.54, 1.807) is 24.4 Å². The molecule has 0 amide bonds. The number of hydrogen-bond acceptors (Lipinski definition) is 3. The molecule has 18 heavy (non-hydrogen) atoms. The molecule has 0 aliphatic heterocycles. The van der Waals surface area contributed by atoms with E-state index in [1.807, 2.05) is 13.8 Å². The average Bonchev–Trinajstić information content (AvgIpc) is 2.39. The van der Waals surface area contributed by atoms with Gasteiger partial charge in [-0.3, -0.25) is 0 Å². The van der Waals surface area contributed by atoms with Crippen LogP contribution in [-0.2, 0) is 12.0 Å². The minimum Gasteiger partial charge on any atom is -0.325 e. The Kier molecular flexibility index (Phi) is 3.39. The Hall–Kier alpha value is -1.81. The third kappa shape index (κ3) is 2.38. The van der Waals surface area contributed by atoms with Gasteiger partial charge in [-0.15, -0.1) is 0 Å².